The standard InChI is InChI=1S/C24H22ClN3O3/c1-2-18-7-3-5-9-21(18)27-23(29)24(30)28-26-15-19-8-4-6-10-22(19)31-16-17-11-13-20(25)14-12-17/h3-15H,2,16H2,1H3,(H,27,29)(H,28,30)/b26-15-. The molecule has 0 saturated heterocycles. The highest BCUT2D eigenvalue weighted by Gasteiger charge is 2.14. The van der Waals surface area contributed by atoms with Crippen LogP contribution in [0.15, 0.2) is 77.9 Å². The van der Waals surface area contributed by atoms with Crippen LogP contribution in [0.2, 0.25) is 5.02 Å². The molecule has 6 nitrogen and oxygen atoms in total. The van der Waals surface area contributed by atoms with E-state index in [2.05, 4.69) is 15.8 Å². The zero-order chi connectivity index (χ0) is 22.1. The van der Waals surface area contributed by atoms with Gasteiger partial charge in [-0.3, -0.25) is 9.59 Å². The predicted molar refractivity (Wildman–Crippen MR) is 122 cm³/mol. The number of hydrogen-bond donors (Lipinski definition) is 2. The van der Waals surface area contributed by atoms with E-state index >= 15 is 0 Å². The maximum Gasteiger partial charge on any atom is 0.329 e. The summed E-state index contributed by atoms with van der Waals surface area (Å²) in [6, 6.07) is 21.9. The number of aryl methyl sites for hydroxylation is 1. The number of nitrogens with one attached hydrogen (secondary N) is 2. The third-order valence-electron chi connectivity index (χ3n) is 4.45. The maximum atomic E-state index is 12.1. The average molecular weight is 436 g/mol. The van der Waals surface area contributed by atoms with Gasteiger partial charge in [-0.25, -0.2) is 5.43 Å². The van der Waals surface area contributed by atoms with Crippen molar-refractivity contribution in [1.82, 2.24) is 5.43 Å². The Morgan fingerprint density at radius 3 is 2.45 bits per heavy atom. The van der Waals surface area contributed by atoms with Crippen molar-refractivity contribution in [2.75, 3.05) is 5.32 Å². The van der Waals surface area contributed by atoms with Crippen LogP contribution in [0.3, 0.4) is 0 Å². The van der Waals surface area contributed by atoms with E-state index in [1.54, 1.807) is 36.4 Å². The largest absolute Gasteiger partial charge is 0.488 e. The van der Waals surface area contributed by atoms with E-state index in [0.717, 1.165) is 17.5 Å². The molecule has 0 aromatic heterocycles. The Balaban J connectivity index is 1.58. The summed E-state index contributed by atoms with van der Waals surface area (Å²) >= 11 is 5.90. The molecule has 0 heterocycles. The Hall–Kier alpha value is -3.64. The van der Waals surface area contributed by atoms with Gasteiger partial charge in [0.1, 0.15) is 12.4 Å². The van der Waals surface area contributed by atoms with E-state index in [1.807, 2.05) is 43.3 Å². The fourth-order valence-electron chi connectivity index (χ4n) is 2.80. The zero-order valence-corrected chi connectivity index (χ0v) is 17.7. The van der Waals surface area contributed by atoms with Crippen molar-refractivity contribution in [3.8, 4) is 5.75 Å². The van der Waals surface area contributed by atoms with Gasteiger partial charge in [0.2, 0.25) is 0 Å². The Labute approximate surface area is 185 Å². The molecular weight excluding hydrogens is 414 g/mol. The molecule has 0 radical (unpaired) electrons. The van der Waals surface area contributed by atoms with Crippen molar-refractivity contribution in [2.24, 2.45) is 5.10 Å². The molecule has 0 spiro atoms. The summed E-state index contributed by atoms with van der Waals surface area (Å²) in [6.45, 7) is 2.33. The summed E-state index contributed by atoms with van der Waals surface area (Å²) in [6.07, 6.45) is 2.17. The second kappa shape index (κ2) is 10.9. The van der Waals surface area contributed by atoms with Crippen LogP contribution >= 0.6 is 11.6 Å². The van der Waals surface area contributed by atoms with Crippen LogP contribution in [0.5, 0.6) is 5.75 Å². The van der Waals surface area contributed by atoms with Crippen LogP contribution in [0.4, 0.5) is 5.69 Å². The minimum atomic E-state index is -0.860. The van der Waals surface area contributed by atoms with E-state index < -0.39 is 11.8 Å². The number of benzene rings is 3. The highest BCUT2D eigenvalue weighted by Crippen LogP contribution is 2.18. The molecule has 0 aliphatic rings. The first-order chi connectivity index (χ1) is 15.1. The van der Waals surface area contributed by atoms with Gasteiger partial charge < -0.3 is 10.1 Å². The smallest absolute Gasteiger partial charge is 0.329 e. The van der Waals surface area contributed by atoms with Gasteiger partial charge in [-0.05, 0) is 47.9 Å². The number of hydrogen-bond acceptors (Lipinski definition) is 4. The van der Waals surface area contributed by atoms with Crippen molar-refractivity contribution in [1.29, 1.82) is 0 Å². The summed E-state index contributed by atoms with van der Waals surface area (Å²) in [5, 5.41) is 7.16. The van der Waals surface area contributed by atoms with Crippen LogP contribution < -0.4 is 15.5 Å². The van der Waals surface area contributed by atoms with Crippen LogP contribution in [0, 0.1) is 0 Å². The van der Waals surface area contributed by atoms with Gasteiger partial charge >= 0.3 is 11.8 Å². The Kier molecular flexibility index (Phi) is 7.79. The Morgan fingerprint density at radius 2 is 1.68 bits per heavy atom. The molecule has 3 aromatic carbocycles. The summed E-state index contributed by atoms with van der Waals surface area (Å²) in [5.74, 6) is -1.05. The molecule has 0 aliphatic carbocycles. The SMILES string of the molecule is CCc1ccccc1NC(=O)C(=O)N/N=C\c1ccccc1OCc1ccc(Cl)cc1. The first-order valence-electron chi connectivity index (χ1n) is 9.75. The van der Waals surface area contributed by atoms with E-state index in [-0.39, 0.29) is 0 Å². The Morgan fingerprint density at radius 1 is 0.968 bits per heavy atom. The fraction of sp³-hybridized carbons (Fsp3) is 0.125. The minimum Gasteiger partial charge on any atom is -0.488 e. The Bertz CT molecular complexity index is 1080. The number of carbonyl (C=O) groups excluding carboxylic acids is 2. The van der Waals surface area contributed by atoms with Gasteiger partial charge in [-0.1, -0.05) is 61.0 Å². The van der Waals surface area contributed by atoms with Gasteiger partial charge in [0.25, 0.3) is 0 Å². The normalized spacial score (nSPS) is 10.6. The van der Waals surface area contributed by atoms with Gasteiger partial charge in [0, 0.05) is 16.3 Å². The van der Waals surface area contributed by atoms with Crippen molar-refractivity contribution < 1.29 is 14.3 Å². The van der Waals surface area contributed by atoms with Crippen molar-refractivity contribution >= 4 is 35.3 Å². The third kappa shape index (κ3) is 6.42. The number of carbonyl (C=O) groups is 2. The van der Waals surface area contributed by atoms with Crippen LogP contribution in [0.1, 0.15) is 23.6 Å². The lowest BCUT2D eigenvalue weighted by atomic mass is 10.1. The first kappa shape index (κ1) is 22.1. The lowest BCUT2D eigenvalue weighted by molar-refractivity contribution is -0.136. The number of nitrogens with zero attached hydrogens (tertiary/aromatic N) is 1. The van der Waals surface area contributed by atoms with Gasteiger partial charge in [-0.2, -0.15) is 5.10 Å². The minimum absolute atomic E-state index is 0.355. The van der Waals surface area contributed by atoms with Crippen molar-refractivity contribution in [3.05, 3.63) is 94.5 Å². The number of hydrazone groups is 1. The molecule has 3 aromatic rings. The number of anilines is 1. The summed E-state index contributed by atoms with van der Waals surface area (Å²) in [4.78, 5) is 24.2. The van der Waals surface area contributed by atoms with E-state index in [1.165, 1.54) is 6.21 Å². The van der Waals surface area contributed by atoms with Crippen LogP contribution in [0.25, 0.3) is 0 Å². The van der Waals surface area contributed by atoms with E-state index in [9.17, 15) is 9.59 Å². The van der Waals surface area contributed by atoms with Crippen LogP contribution in [-0.2, 0) is 22.6 Å². The van der Waals surface area contributed by atoms with Gasteiger partial charge in [0.05, 0.1) is 6.21 Å². The lowest BCUT2D eigenvalue weighted by Gasteiger charge is -2.09. The third-order valence-corrected chi connectivity index (χ3v) is 4.70. The predicted octanol–water partition coefficient (Wildman–Crippen LogP) is 4.57. The van der Waals surface area contributed by atoms with E-state index in [4.69, 9.17) is 16.3 Å². The molecule has 0 bridgehead atoms. The molecule has 2 N–H and O–H groups in total. The van der Waals surface area contributed by atoms with Gasteiger partial charge in [0.15, 0.2) is 0 Å². The molecule has 2 amide bonds. The molecule has 7 heteroatoms. The number of rotatable bonds is 7. The maximum absolute atomic E-state index is 12.1. The van der Waals surface area contributed by atoms with E-state index in [0.29, 0.717) is 28.6 Å². The zero-order valence-electron chi connectivity index (χ0n) is 17.0. The number of amides is 2. The average Bonchev–Trinajstić information content (AvgIpc) is 2.79. The highest BCUT2D eigenvalue weighted by molar-refractivity contribution is 6.39. The lowest BCUT2D eigenvalue weighted by Crippen LogP contribution is -2.32. The van der Waals surface area contributed by atoms with Crippen molar-refractivity contribution in [2.45, 2.75) is 20.0 Å². The molecular formula is C24H22ClN3O3. The summed E-state index contributed by atoms with van der Waals surface area (Å²) < 4.78 is 5.85. The highest BCUT2D eigenvalue weighted by atomic mass is 35.5. The number of ether oxygens (including phenoxy) is 1. The molecule has 0 atom stereocenters. The monoisotopic (exact) mass is 435 g/mol. The summed E-state index contributed by atoms with van der Waals surface area (Å²) in [5.41, 5.74) is 5.42. The molecule has 0 unspecified atom stereocenters. The molecule has 158 valence electrons. The van der Waals surface area contributed by atoms with Gasteiger partial charge in [-0.15, -0.1) is 0 Å². The topological polar surface area (TPSA) is 79.8 Å². The van der Waals surface area contributed by atoms with Crippen LogP contribution in [-0.4, -0.2) is 18.0 Å². The molecule has 3 rings (SSSR count). The molecule has 31 heavy (non-hydrogen) atoms. The molecule has 0 saturated carbocycles. The summed E-state index contributed by atoms with van der Waals surface area (Å²) in [7, 11) is 0. The number of para-hydroxylation sites is 2. The van der Waals surface area contributed by atoms with Crippen molar-refractivity contribution in [3.63, 3.8) is 0 Å². The molecule has 0 fully saturated rings. The number of halogens is 1. The second-order valence-electron chi connectivity index (χ2n) is 6.62. The first-order valence-corrected chi connectivity index (χ1v) is 10.1. The second-order valence-corrected chi connectivity index (χ2v) is 7.05. The fourth-order valence-corrected chi connectivity index (χ4v) is 2.93. The molecule has 0 aliphatic heterocycles. The quantitative estimate of drug-likeness (QED) is 0.324.